The molecule has 4 aromatic rings. The maximum absolute atomic E-state index is 12.2. The molecule has 1 aliphatic heterocycles. The van der Waals surface area contributed by atoms with E-state index in [0.717, 1.165) is 45.6 Å². The van der Waals surface area contributed by atoms with Crippen LogP contribution in [0.2, 0.25) is 0 Å². The summed E-state index contributed by atoms with van der Waals surface area (Å²) in [7, 11) is 0. The Hall–Kier alpha value is -4.15. The van der Waals surface area contributed by atoms with E-state index in [-0.39, 0.29) is 32.0 Å². The molecule has 1 saturated heterocycles. The summed E-state index contributed by atoms with van der Waals surface area (Å²) in [4.78, 5) is 25.0. The van der Waals surface area contributed by atoms with Gasteiger partial charge >= 0.3 is 12.0 Å². The predicted molar refractivity (Wildman–Crippen MR) is 174 cm³/mol. The first-order chi connectivity index (χ1) is 22.0. The van der Waals surface area contributed by atoms with E-state index in [1.807, 2.05) is 91.0 Å². The first-order valence-electron chi connectivity index (χ1n) is 15.1. The van der Waals surface area contributed by atoms with E-state index in [2.05, 4.69) is 22.8 Å². The summed E-state index contributed by atoms with van der Waals surface area (Å²) in [6.07, 6.45) is -0.00499. The number of nitrogens with one attached hydrogen (secondary N) is 2. The smallest absolute Gasteiger partial charge is 0.325 e. The molecule has 0 bridgehead atoms. The van der Waals surface area contributed by atoms with Crippen molar-refractivity contribution >= 4 is 23.8 Å². The lowest BCUT2D eigenvalue weighted by molar-refractivity contribution is -0.245. The molecule has 0 aromatic heterocycles. The fourth-order valence-corrected chi connectivity index (χ4v) is 6.05. The van der Waals surface area contributed by atoms with Crippen LogP contribution in [0.3, 0.4) is 0 Å². The Morgan fingerprint density at radius 1 is 0.867 bits per heavy atom. The standard InChI is InChI=1S/C36H38N2O6S/c1-2-42-34(40)22-38-36(41)37-21-29-8-6-7-11-32(29)26-16-18-28(19-17-26)35-43-30(24-45-31-9-4-3-5-10-31)20-33(44-35)27-14-12-25(23-39)13-15-27/h3-19,30,33,35,39H,2,20-24H2,1H3,(H2,37,38,41)/t30-,33+,35+/m1/s1. The van der Waals surface area contributed by atoms with Crippen molar-refractivity contribution in [3.8, 4) is 11.1 Å². The van der Waals surface area contributed by atoms with Crippen LogP contribution < -0.4 is 10.6 Å². The molecular weight excluding hydrogens is 588 g/mol. The Kier molecular flexibility index (Phi) is 11.6. The highest BCUT2D eigenvalue weighted by Crippen LogP contribution is 2.40. The van der Waals surface area contributed by atoms with Crippen LogP contribution in [0.5, 0.6) is 0 Å². The quantitative estimate of drug-likeness (QED) is 0.121. The minimum absolute atomic E-state index is 0.00208. The van der Waals surface area contributed by atoms with Crippen molar-refractivity contribution in [2.24, 2.45) is 0 Å². The average molecular weight is 627 g/mol. The highest BCUT2D eigenvalue weighted by atomic mass is 32.2. The lowest BCUT2D eigenvalue weighted by Crippen LogP contribution is -2.38. The van der Waals surface area contributed by atoms with E-state index in [4.69, 9.17) is 14.2 Å². The van der Waals surface area contributed by atoms with Gasteiger partial charge < -0.3 is 30.0 Å². The fraction of sp³-hybridized carbons (Fsp3) is 0.278. The van der Waals surface area contributed by atoms with Crippen molar-refractivity contribution in [3.63, 3.8) is 0 Å². The van der Waals surface area contributed by atoms with Crippen LogP contribution in [0.15, 0.2) is 108 Å². The summed E-state index contributed by atoms with van der Waals surface area (Å²) in [5.74, 6) is 0.312. The van der Waals surface area contributed by atoms with Crippen LogP contribution in [0.25, 0.3) is 11.1 Å². The highest BCUT2D eigenvalue weighted by Gasteiger charge is 2.32. The van der Waals surface area contributed by atoms with E-state index < -0.39 is 18.3 Å². The summed E-state index contributed by atoms with van der Waals surface area (Å²) >= 11 is 1.77. The number of carbonyl (C=O) groups is 2. The number of esters is 1. The van der Waals surface area contributed by atoms with Gasteiger partial charge in [-0.1, -0.05) is 91.0 Å². The van der Waals surface area contributed by atoms with Gasteiger partial charge in [-0.25, -0.2) is 4.79 Å². The molecular formula is C36H38N2O6S. The second-order valence-electron chi connectivity index (χ2n) is 10.6. The molecule has 5 rings (SSSR count). The average Bonchev–Trinajstić information content (AvgIpc) is 3.09. The van der Waals surface area contributed by atoms with Crippen molar-refractivity contribution in [2.45, 2.75) is 49.9 Å². The van der Waals surface area contributed by atoms with Crippen molar-refractivity contribution in [2.75, 3.05) is 18.9 Å². The van der Waals surface area contributed by atoms with Gasteiger partial charge in [0.15, 0.2) is 6.29 Å². The molecule has 0 saturated carbocycles. The number of aliphatic hydroxyl groups excluding tert-OH is 1. The van der Waals surface area contributed by atoms with Gasteiger partial charge in [-0.15, -0.1) is 11.8 Å². The summed E-state index contributed by atoms with van der Waals surface area (Å²) < 4.78 is 17.9. The van der Waals surface area contributed by atoms with Gasteiger partial charge in [0.05, 0.1) is 25.4 Å². The van der Waals surface area contributed by atoms with Crippen LogP contribution in [-0.2, 0) is 32.2 Å². The second-order valence-corrected chi connectivity index (χ2v) is 11.7. The number of amides is 2. The zero-order valence-electron chi connectivity index (χ0n) is 25.2. The molecule has 3 N–H and O–H groups in total. The Bertz CT molecular complexity index is 1530. The number of rotatable bonds is 12. The molecule has 3 atom stereocenters. The largest absolute Gasteiger partial charge is 0.465 e. The molecule has 2 amide bonds. The van der Waals surface area contributed by atoms with Crippen molar-refractivity contribution in [1.82, 2.24) is 10.6 Å². The molecule has 0 spiro atoms. The van der Waals surface area contributed by atoms with Gasteiger partial charge in [-0.05, 0) is 46.9 Å². The van der Waals surface area contributed by atoms with Crippen molar-refractivity contribution < 1.29 is 28.9 Å². The number of hydrogen-bond acceptors (Lipinski definition) is 7. The molecule has 1 heterocycles. The van der Waals surface area contributed by atoms with E-state index in [0.29, 0.717) is 6.54 Å². The molecule has 0 radical (unpaired) electrons. The number of urea groups is 1. The normalized spacial score (nSPS) is 17.8. The van der Waals surface area contributed by atoms with Gasteiger partial charge in [0, 0.05) is 29.2 Å². The Morgan fingerprint density at radius 3 is 2.31 bits per heavy atom. The number of carbonyl (C=O) groups excluding carboxylic acids is 2. The molecule has 0 unspecified atom stereocenters. The Balaban J connectivity index is 1.28. The number of hydrogen-bond donors (Lipinski definition) is 3. The van der Waals surface area contributed by atoms with Crippen molar-refractivity contribution in [1.29, 1.82) is 0 Å². The van der Waals surface area contributed by atoms with Gasteiger partial charge in [0.25, 0.3) is 0 Å². The van der Waals surface area contributed by atoms with Gasteiger partial charge in [0.2, 0.25) is 0 Å². The number of benzene rings is 4. The molecule has 1 fully saturated rings. The minimum atomic E-state index is -0.545. The summed E-state index contributed by atoms with van der Waals surface area (Å²) in [6, 6.07) is 33.7. The lowest BCUT2D eigenvalue weighted by atomic mass is 9.98. The van der Waals surface area contributed by atoms with Crippen LogP contribution in [-0.4, -0.2) is 42.1 Å². The summed E-state index contributed by atoms with van der Waals surface area (Å²) in [5, 5.41) is 14.8. The zero-order valence-corrected chi connectivity index (χ0v) is 26.0. The Labute approximate surface area is 268 Å². The SMILES string of the molecule is CCOC(=O)CNC(=O)NCc1ccccc1-c1ccc([C@H]2O[C@@H](CSc3ccccc3)C[C@@H](c3ccc(CO)cc3)O2)cc1. The molecule has 8 nitrogen and oxygen atoms in total. The minimum Gasteiger partial charge on any atom is -0.465 e. The van der Waals surface area contributed by atoms with Crippen LogP contribution in [0.1, 0.15) is 48.0 Å². The first kappa shape index (κ1) is 32.2. The zero-order chi connectivity index (χ0) is 31.4. The van der Waals surface area contributed by atoms with Crippen molar-refractivity contribution in [3.05, 3.63) is 125 Å². The van der Waals surface area contributed by atoms with E-state index in [9.17, 15) is 14.7 Å². The van der Waals surface area contributed by atoms with Gasteiger partial charge in [-0.2, -0.15) is 0 Å². The lowest BCUT2D eigenvalue weighted by Gasteiger charge is -2.36. The number of ether oxygens (including phenoxy) is 3. The first-order valence-corrected chi connectivity index (χ1v) is 16.0. The van der Waals surface area contributed by atoms with Gasteiger partial charge in [-0.3, -0.25) is 4.79 Å². The summed E-state index contributed by atoms with van der Waals surface area (Å²) in [5.41, 5.74) is 5.75. The fourth-order valence-electron chi connectivity index (χ4n) is 5.11. The topological polar surface area (TPSA) is 106 Å². The second kappa shape index (κ2) is 16.2. The van der Waals surface area contributed by atoms with E-state index >= 15 is 0 Å². The maximum atomic E-state index is 12.2. The van der Waals surface area contributed by atoms with Crippen LogP contribution in [0.4, 0.5) is 4.79 Å². The third-order valence-corrected chi connectivity index (χ3v) is 8.59. The molecule has 4 aromatic carbocycles. The molecule has 234 valence electrons. The monoisotopic (exact) mass is 626 g/mol. The molecule has 1 aliphatic rings. The number of thioether (sulfide) groups is 1. The molecule has 0 aliphatic carbocycles. The Morgan fingerprint density at radius 2 is 1.58 bits per heavy atom. The molecule has 45 heavy (non-hydrogen) atoms. The van der Waals surface area contributed by atoms with Gasteiger partial charge in [0.1, 0.15) is 6.54 Å². The maximum Gasteiger partial charge on any atom is 0.325 e. The third-order valence-electron chi connectivity index (χ3n) is 7.44. The number of aliphatic hydroxyl groups is 1. The summed E-state index contributed by atoms with van der Waals surface area (Å²) in [6.45, 7) is 2.09. The molecule has 9 heteroatoms. The third kappa shape index (κ3) is 9.18. The highest BCUT2D eigenvalue weighted by molar-refractivity contribution is 7.99. The van der Waals surface area contributed by atoms with E-state index in [1.165, 1.54) is 4.90 Å². The van der Waals surface area contributed by atoms with Crippen LogP contribution >= 0.6 is 11.8 Å². The van der Waals surface area contributed by atoms with Crippen LogP contribution in [0, 0.1) is 0 Å². The van der Waals surface area contributed by atoms with E-state index in [1.54, 1.807) is 18.7 Å². The predicted octanol–water partition coefficient (Wildman–Crippen LogP) is 6.55.